The van der Waals surface area contributed by atoms with Gasteiger partial charge in [0.05, 0.1) is 10.0 Å². The zero-order valence-electron chi connectivity index (χ0n) is 13.5. The van der Waals surface area contributed by atoms with Gasteiger partial charge in [0.1, 0.15) is 6.04 Å². The fourth-order valence-corrected chi connectivity index (χ4v) is 2.94. The van der Waals surface area contributed by atoms with Crippen LogP contribution in [0.1, 0.15) is 30.1 Å². The number of rotatable bonds is 6. The van der Waals surface area contributed by atoms with E-state index in [1.54, 1.807) is 23.1 Å². The smallest absolute Gasteiger partial charge is 0.254 e. The van der Waals surface area contributed by atoms with Gasteiger partial charge in [0.25, 0.3) is 5.91 Å². The van der Waals surface area contributed by atoms with Crippen molar-refractivity contribution in [3.05, 3.63) is 33.8 Å². The van der Waals surface area contributed by atoms with Crippen LogP contribution in [-0.2, 0) is 4.79 Å². The van der Waals surface area contributed by atoms with Crippen molar-refractivity contribution >= 4 is 47.4 Å². The summed E-state index contributed by atoms with van der Waals surface area (Å²) in [4.78, 5) is 26.5. The average Bonchev–Trinajstić information content (AvgIpc) is 3.03. The van der Waals surface area contributed by atoms with Gasteiger partial charge in [0.2, 0.25) is 5.91 Å². The SMILES string of the molecule is CCNCCNC(=O)C1CCCN1C(=O)c1ccc(Cl)c(Cl)c1.Cl. The first-order valence-electron chi connectivity index (χ1n) is 7.79. The lowest BCUT2D eigenvalue weighted by Crippen LogP contribution is -2.47. The van der Waals surface area contributed by atoms with E-state index in [0.29, 0.717) is 35.1 Å². The molecule has 24 heavy (non-hydrogen) atoms. The standard InChI is InChI=1S/C16H21Cl2N3O2.ClH/c1-2-19-7-8-20-15(22)14-4-3-9-21(14)16(23)11-5-6-12(17)13(18)10-11;/h5-6,10,14,19H,2-4,7-9H2,1H3,(H,20,22);1H. The summed E-state index contributed by atoms with van der Waals surface area (Å²) in [6.45, 7) is 4.72. The van der Waals surface area contributed by atoms with E-state index >= 15 is 0 Å². The summed E-state index contributed by atoms with van der Waals surface area (Å²) in [7, 11) is 0. The van der Waals surface area contributed by atoms with Crippen LogP contribution < -0.4 is 10.6 Å². The first-order chi connectivity index (χ1) is 11.0. The van der Waals surface area contributed by atoms with Crippen LogP contribution in [0.5, 0.6) is 0 Å². The molecular formula is C16H22Cl3N3O2. The molecule has 1 heterocycles. The molecule has 1 atom stereocenters. The Kier molecular flexibility index (Phi) is 8.84. The molecule has 0 aliphatic carbocycles. The molecule has 2 N–H and O–H groups in total. The van der Waals surface area contributed by atoms with Crippen LogP contribution in [0.15, 0.2) is 18.2 Å². The molecule has 134 valence electrons. The van der Waals surface area contributed by atoms with Gasteiger partial charge in [-0.1, -0.05) is 30.1 Å². The Bertz CT molecular complexity index is 584. The molecule has 1 fully saturated rings. The van der Waals surface area contributed by atoms with Crippen LogP contribution in [0, 0.1) is 0 Å². The normalized spacial score (nSPS) is 16.6. The van der Waals surface area contributed by atoms with Gasteiger partial charge < -0.3 is 15.5 Å². The number of likely N-dealkylation sites (N-methyl/N-ethyl adjacent to an activating group) is 1. The van der Waals surface area contributed by atoms with Gasteiger partial charge in [0.15, 0.2) is 0 Å². The third-order valence-corrected chi connectivity index (χ3v) is 4.57. The summed E-state index contributed by atoms with van der Waals surface area (Å²) in [5, 5.41) is 6.76. The van der Waals surface area contributed by atoms with Gasteiger partial charge in [-0.2, -0.15) is 0 Å². The predicted octanol–water partition coefficient (Wildman–Crippen LogP) is 2.75. The monoisotopic (exact) mass is 393 g/mol. The highest BCUT2D eigenvalue weighted by molar-refractivity contribution is 6.42. The Labute approximate surface area is 158 Å². The van der Waals surface area contributed by atoms with Crippen LogP contribution in [0.4, 0.5) is 0 Å². The molecule has 5 nitrogen and oxygen atoms in total. The molecule has 0 radical (unpaired) electrons. The summed E-state index contributed by atoms with van der Waals surface area (Å²) in [5.41, 5.74) is 0.451. The summed E-state index contributed by atoms with van der Waals surface area (Å²) in [6.07, 6.45) is 1.50. The summed E-state index contributed by atoms with van der Waals surface area (Å²) in [6, 6.07) is 4.36. The molecule has 0 aromatic heterocycles. The molecule has 1 saturated heterocycles. The van der Waals surface area contributed by atoms with E-state index in [1.165, 1.54) is 0 Å². The maximum Gasteiger partial charge on any atom is 0.254 e. The lowest BCUT2D eigenvalue weighted by molar-refractivity contribution is -0.124. The highest BCUT2D eigenvalue weighted by atomic mass is 35.5. The lowest BCUT2D eigenvalue weighted by Gasteiger charge is -2.24. The number of hydrogen-bond donors (Lipinski definition) is 2. The highest BCUT2D eigenvalue weighted by Gasteiger charge is 2.34. The Morgan fingerprint density at radius 3 is 2.67 bits per heavy atom. The molecule has 0 spiro atoms. The van der Waals surface area contributed by atoms with Crippen LogP contribution in [0.2, 0.25) is 10.0 Å². The van der Waals surface area contributed by atoms with Gasteiger partial charge >= 0.3 is 0 Å². The molecule has 1 aliphatic heterocycles. The predicted molar refractivity (Wildman–Crippen MR) is 99.3 cm³/mol. The lowest BCUT2D eigenvalue weighted by atomic mass is 10.1. The van der Waals surface area contributed by atoms with Crippen molar-refractivity contribution in [2.75, 3.05) is 26.2 Å². The molecule has 1 aliphatic rings. The van der Waals surface area contributed by atoms with Gasteiger partial charge in [-0.3, -0.25) is 9.59 Å². The second-order valence-electron chi connectivity index (χ2n) is 5.43. The number of benzene rings is 1. The van der Waals surface area contributed by atoms with Gasteiger partial charge in [-0.05, 0) is 37.6 Å². The van der Waals surface area contributed by atoms with E-state index in [4.69, 9.17) is 23.2 Å². The number of carbonyl (C=O) groups is 2. The molecular weight excluding hydrogens is 373 g/mol. The van der Waals surface area contributed by atoms with Crippen LogP contribution in [0.25, 0.3) is 0 Å². The maximum absolute atomic E-state index is 12.6. The molecule has 8 heteroatoms. The van der Waals surface area contributed by atoms with Gasteiger partial charge in [-0.15, -0.1) is 12.4 Å². The third-order valence-electron chi connectivity index (χ3n) is 3.83. The van der Waals surface area contributed by atoms with E-state index in [0.717, 1.165) is 19.5 Å². The summed E-state index contributed by atoms with van der Waals surface area (Å²) >= 11 is 11.9. The zero-order valence-corrected chi connectivity index (χ0v) is 15.8. The van der Waals surface area contributed by atoms with Crippen LogP contribution >= 0.6 is 35.6 Å². The van der Waals surface area contributed by atoms with Gasteiger partial charge in [0, 0.05) is 25.2 Å². The number of nitrogens with one attached hydrogen (secondary N) is 2. The molecule has 2 amide bonds. The van der Waals surface area contributed by atoms with Crippen molar-refractivity contribution in [1.29, 1.82) is 0 Å². The maximum atomic E-state index is 12.6. The number of likely N-dealkylation sites (tertiary alicyclic amines) is 1. The fraction of sp³-hybridized carbons (Fsp3) is 0.500. The van der Waals surface area contributed by atoms with E-state index < -0.39 is 6.04 Å². The number of amides is 2. The Morgan fingerprint density at radius 1 is 1.25 bits per heavy atom. The molecule has 1 aromatic carbocycles. The Balaban J connectivity index is 0.00000288. The van der Waals surface area contributed by atoms with E-state index in [-0.39, 0.29) is 24.2 Å². The van der Waals surface area contributed by atoms with Crippen molar-refractivity contribution in [1.82, 2.24) is 15.5 Å². The molecule has 1 aromatic rings. The minimum absolute atomic E-state index is 0. The number of carbonyl (C=O) groups excluding carboxylic acids is 2. The topological polar surface area (TPSA) is 61.4 Å². The van der Waals surface area contributed by atoms with Crippen LogP contribution in [0.3, 0.4) is 0 Å². The number of nitrogens with zero attached hydrogens (tertiary/aromatic N) is 1. The molecule has 1 unspecified atom stereocenters. The number of hydrogen-bond acceptors (Lipinski definition) is 3. The quantitative estimate of drug-likeness (QED) is 0.729. The zero-order chi connectivity index (χ0) is 16.8. The van der Waals surface area contributed by atoms with Crippen molar-refractivity contribution < 1.29 is 9.59 Å². The van der Waals surface area contributed by atoms with Crippen molar-refractivity contribution in [3.8, 4) is 0 Å². The number of halogens is 3. The average molecular weight is 395 g/mol. The van der Waals surface area contributed by atoms with E-state index in [1.807, 2.05) is 6.92 Å². The third kappa shape index (κ3) is 5.24. The van der Waals surface area contributed by atoms with Crippen molar-refractivity contribution in [2.24, 2.45) is 0 Å². The minimum Gasteiger partial charge on any atom is -0.353 e. The minimum atomic E-state index is -0.418. The Morgan fingerprint density at radius 2 is 2.00 bits per heavy atom. The molecule has 0 saturated carbocycles. The Hall–Kier alpha value is -1.01. The largest absolute Gasteiger partial charge is 0.353 e. The van der Waals surface area contributed by atoms with E-state index in [9.17, 15) is 9.59 Å². The fourth-order valence-electron chi connectivity index (χ4n) is 2.65. The first-order valence-corrected chi connectivity index (χ1v) is 8.54. The van der Waals surface area contributed by atoms with Crippen LogP contribution in [-0.4, -0.2) is 48.9 Å². The molecule has 0 bridgehead atoms. The van der Waals surface area contributed by atoms with E-state index in [2.05, 4.69) is 10.6 Å². The highest BCUT2D eigenvalue weighted by Crippen LogP contribution is 2.25. The second kappa shape index (κ2) is 10.1. The van der Waals surface area contributed by atoms with Crippen molar-refractivity contribution in [2.45, 2.75) is 25.8 Å². The van der Waals surface area contributed by atoms with Crippen molar-refractivity contribution in [3.63, 3.8) is 0 Å². The second-order valence-corrected chi connectivity index (χ2v) is 6.24. The first kappa shape index (κ1) is 21.0. The summed E-state index contributed by atoms with van der Waals surface area (Å²) < 4.78 is 0. The van der Waals surface area contributed by atoms with Gasteiger partial charge in [-0.25, -0.2) is 0 Å². The molecule has 2 rings (SSSR count). The summed E-state index contributed by atoms with van der Waals surface area (Å²) in [5.74, 6) is -0.290.